The SMILES string of the molecule is COc1cccc(NC(=O)c2cccc(N3C(=O)[C@@H]4[C@H](C)C=CC[C@@H]4C3=O)c2)c1. The van der Waals surface area contributed by atoms with Crippen LogP contribution in [0.5, 0.6) is 5.75 Å². The second-order valence-corrected chi connectivity index (χ2v) is 7.40. The number of ether oxygens (including phenoxy) is 1. The second-order valence-electron chi connectivity index (χ2n) is 7.40. The lowest BCUT2D eigenvalue weighted by atomic mass is 9.78. The molecule has 3 amide bonds. The van der Waals surface area contributed by atoms with Crippen molar-refractivity contribution in [2.75, 3.05) is 17.3 Å². The molecule has 1 aliphatic heterocycles. The first-order valence-electron chi connectivity index (χ1n) is 9.59. The average Bonchev–Trinajstić information content (AvgIpc) is 2.99. The summed E-state index contributed by atoms with van der Waals surface area (Å²) in [5.74, 6) is -0.709. The molecule has 0 unspecified atom stereocenters. The van der Waals surface area contributed by atoms with Gasteiger partial charge in [0.1, 0.15) is 5.75 Å². The summed E-state index contributed by atoms with van der Waals surface area (Å²) < 4.78 is 5.17. The van der Waals surface area contributed by atoms with E-state index in [1.807, 2.05) is 19.1 Å². The highest BCUT2D eigenvalue weighted by atomic mass is 16.5. The zero-order chi connectivity index (χ0) is 20.5. The monoisotopic (exact) mass is 390 g/mol. The van der Waals surface area contributed by atoms with Crippen molar-refractivity contribution in [2.45, 2.75) is 13.3 Å². The Morgan fingerprint density at radius 2 is 1.90 bits per heavy atom. The summed E-state index contributed by atoms with van der Waals surface area (Å²) in [6.45, 7) is 1.96. The van der Waals surface area contributed by atoms with Crippen LogP contribution in [0.2, 0.25) is 0 Å². The first kappa shape index (κ1) is 18.9. The van der Waals surface area contributed by atoms with Crippen LogP contribution in [0.1, 0.15) is 23.7 Å². The molecule has 2 aromatic rings. The maximum atomic E-state index is 13.0. The van der Waals surface area contributed by atoms with Crippen molar-refractivity contribution in [1.29, 1.82) is 0 Å². The van der Waals surface area contributed by atoms with E-state index in [1.165, 1.54) is 4.90 Å². The number of nitrogens with one attached hydrogen (secondary N) is 1. The van der Waals surface area contributed by atoms with Gasteiger partial charge in [-0.15, -0.1) is 0 Å². The molecule has 0 radical (unpaired) electrons. The third-order valence-electron chi connectivity index (χ3n) is 5.57. The molecule has 1 N–H and O–H groups in total. The third kappa shape index (κ3) is 3.42. The van der Waals surface area contributed by atoms with Gasteiger partial charge < -0.3 is 10.1 Å². The standard InChI is InChI=1S/C23H22N2O4/c1-14-6-3-11-19-20(14)23(28)25(22(19)27)17-9-4-7-15(12-17)21(26)24-16-8-5-10-18(13-16)29-2/h3-10,12-14,19-20H,11H2,1-2H3,(H,24,26)/t14-,19+,20-/m1/s1. The van der Waals surface area contributed by atoms with Gasteiger partial charge in [0.15, 0.2) is 0 Å². The number of nitrogens with zero attached hydrogens (tertiary/aromatic N) is 1. The van der Waals surface area contributed by atoms with Crippen molar-refractivity contribution in [3.8, 4) is 5.75 Å². The molecular weight excluding hydrogens is 368 g/mol. The van der Waals surface area contributed by atoms with Crippen LogP contribution in [0.3, 0.4) is 0 Å². The van der Waals surface area contributed by atoms with Crippen molar-refractivity contribution >= 4 is 29.1 Å². The summed E-state index contributed by atoms with van der Waals surface area (Å²) in [7, 11) is 1.56. The minimum atomic E-state index is -0.332. The molecule has 29 heavy (non-hydrogen) atoms. The van der Waals surface area contributed by atoms with E-state index in [1.54, 1.807) is 55.6 Å². The van der Waals surface area contributed by atoms with Gasteiger partial charge in [-0.25, -0.2) is 0 Å². The molecular formula is C23H22N2O4. The zero-order valence-electron chi connectivity index (χ0n) is 16.3. The fourth-order valence-corrected chi connectivity index (χ4v) is 4.09. The highest BCUT2D eigenvalue weighted by Crippen LogP contribution is 2.40. The van der Waals surface area contributed by atoms with Crippen molar-refractivity contribution in [1.82, 2.24) is 0 Å². The number of hydrogen-bond donors (Lipinski definition) is 1. The smallest absolute Gasteiger partial charge is 0.255 e. The van der Waals surface area contributed by atoms with Gasteiger partial charge in [0.05, 0.1) is 24.6 Å². The molecule has 0 spiro atoms. The average molecular weight is 390 g/mol. The summed E-state index contributed by atoms with van der Waals surface area (Å²) >= 11 is 0. The van der Waals surface area contributed by atoms with Crippen molar-refractivity contribution in [2.24, 2.45) is 17.8 Å². The highest BCUT2D eigenvalue weighted by molar-refractivity contribution is 6.22. The number of carbonyl (C=O) groups excluding carboxylic acids is 3. The lowest BCUT2D eigenvalue weighted by Gasteiger charge is -2.22. The number of rotatable bonds is 4. The van der Waals surface area contributed by atoms with E-state index >= 15 is 0 Å². The molecule has 0 saturated carbocycles. The van der Waals surface area contributed by atoms with Crippen LogP contribution in [0.15, 0.2) is 60.7 Å². The van der Waals surface area contributed by atoms with E-state index in [0.717, 1.165) is 0 Å². The van der Waals surface area contributed by atoms with Crippen molar-refractivity contribution in [3.63, 3.8) is 0 Å². The van der Waals surface area contributed by atoms with Crippen LogP contribution < -0.4 is 15.0 Å². The molecule has 1 saturated heterocycles. The molecule has 6 nitrogen and oxygen atoms in total. The lowest BCUT2D eigenvalue weighted by Crippen LogP contribution is -2.31. The van der Waals surface area contributed by atoms with E-state index in [0.29, 0.717) is 29.1 Å². The van der Waals surface area contributed by atoms with E-state index in [2.05, 4.69) is 5.32 Å². The normalized spacial score (nSPS) is 23.1. The number of amides is 3. The number of carbonyl (C=O) groups is 3. The molecule has 0 aromatic heterocycles. The van der Waals surface area contributed by atoms with Crippen molar-refractivity contribution < 1.29 is 19.1 Å². The summed E-state index contributed by atoms with van der Waals surface area (Å²) in [5, 5.41) is 2.81. The summed E-state index contributed by atoms with van der Waals surface area (Å²) in [6, 6.07) is 13.7. The number of fused-ring (bicyclic) bond motifs is 1. The summed E-state index contributed by atoms with van der Waals surface area (Å²) in [6.07, 6.45) is 4.54. The molecule has 2 aromatic carbocycles. The predicted octanol–water partition coefficient (Wildman–Crippen LogP) is 3.65. The predicted molar refractivity (Wildman–Crippen MR) is 110 cm³/mol. The number of anilines is 2. The Labute approximate surface area is 169 Å². The lowest BCUT2D eigenvalue weighted by molar-refractivity contribution is -0.122. The molecule has 6 heteroatoms. The van der Waals surface area contributed by atoms with Crippen molar-refractivity contribution in [3.05, 3.63) is 66.2 Å². The highest BCUT2D eigenvalue weighted by Gasteiger charge is 2.50. The van der Waals surface area contributed by atoms with E-state index in [9.17, 15) is 14.4 Å². The molecule has 1 heterocycles. The fourth-order valence-electron chi connectivity index (χ4n) is 4.09. The maximum Gasteiger partial charge on any atom is 0.255 e. The third-order valence-corrected chi connectivity index (χ3v) is 5.57. The zero-order valence-corrected chi connectivity index (χ0v) is 16.3. The molecule has 148 valence electrons. The Morgan fingerprint density at radius 3 is 2.66 bits per heavy atom. The minimum absolute atomic E-state index is 0.0229. The Balaban J connectivity index is 1.58. The molecule has 0 bridgehead atoms. The van der Waals surface area contributed by atoms with Gasteiger partial charge in [0, 0.05) is 17.3 Å². The van der Waals surface area contributed by atoms with Gasteiger partial charge in [-0.1, -0.05) is 31.2 Å². The number of allylic oxidation sites excluding steroid dienone is 2. The topological polar surface area (TPSA) is 75.7 Å². The molecule has 2 aliphatic rings. The quantitative estimate of drug-likeness (QED) is 0.639. The van der Waals surface area contributed by atoms with Gasteiger partial charge in [-0.3, -0.25) is 19.3 Å². The second kappa shape index (κ2) is 7.54. The fraction of sp³-hybridized carbons (Fsp3) is 0.261. The minimum Gasteiger partial charge on any atom is -0.497 e. The summed E-state index contributed by atoms with van der Waals surface area (Å²) in [4.78, 5) is 39.8. The molecule has 3 atom stereocenters. The Morgan fingerprint density at radius 1 is 1.10 bits per heavy atom. The molecule has 1 fully saturated rings. The van der Waals surface area contributed by atoms with Gasteiger partial charge in [0.25, 0.3) is 5.91 Å². The number of benzene rings is 2. The first-order valence-corrected chi connectivity index (χ1v) is 9.59. The molecule has 4 rings (SSSR count). The van der Waals surface area contributed by atoms with Gasteiger partial charge in [0.2, 0.25) is 11.8 Å². The van der Waals surface area contributed by atoms with Crippen LogP contribution in [-0.4, -0.2) is 24.8 Å². The first-order chi connectivity index (χ1) is 14.0. The van der Waals surface area contributed by atoms with E-state index in [4.69, 9.17) is 4.74 Å². The van der Waals surface area contributed by atoms with Gasteiger partial charge in [-0.2, -0.15) is 0 Å². The Bertz CT molecular complexity index is 1010. The molecule has 1 aliphatic carbocycles. The number of hydrogen-bond acceptors (Lipinski definition) is 4. The van der Waals surface area contributed by atoms with Gasteiger partial charge >= 0.3 is 0 Å². The van der Waals surface area contributed by atoms with Crippen LogP contribution in [0.4, 0.5) is 11.4 Å². The largest absolute Gasteiger partial charge is 0.497 e. The van der Waals surface area contributed by atoms with E-state index in [-0.39, 0.29) is 35.5 Å². The number of methoxy groups -OCH3 is 1. The van der Waals surface area contributed by atoms with Crippen LogP contribution in [-0.2, 0) is 9.59 Å². The Kier molecular flexibility index (Phi) is 4.92. The van der Waals surface area contributed by atoms with Crippen LogP contribution in [0.25, 0.3) is 0 Å². The maximum absolute atomic E-state index is 13.0. The van der Waals surface area contributed by atoms with Crippen LogP contribution in [0, 0.1) is 17.8 Å². The van der Waals surface area contributed by atoms with E-state index < -0.39 is 0 Å². The van der Waals surface area contributed by atoms with Gasteiger partial charge in [-0.05, 0) is 42.7 Å². The summed E-state index contributed by atoms with van der Waals surface area (Å²) in [5.41, 5.74) is 1.39. The number of imide groups is 1. The Hall–Kier alpha value is -3.41. The van der Waals surface area contributed by atoms with Crippen LogP contribution >= 0.6 is 0 Å².